The Bertz CT molecular complexity index is 303. The molecule has 0 aliphatic heterocycles. The highest BCUT2D eigenvalue weighted by Gasteiger charge is 2.03. The fraction of sp³-hybridized carbons (Fsp3) is 0.538. The molecule has 0 bridgehead atoms. The highest BCUT2D eigenvalue weighted by atomic mass is 35.5. The summed E-state index contributed by atoms with van der Waals surface area (Å²) in [4.78, 5) is 0. The lowest BCUT2D eigenvalue weighted by molar-refractivity contribution is 0.269. The molecule has 17 heavy (non-hydrogen) atoms. The zero-order chi connectivity index (χ0) is 12.0. The van der Waals surface area contributed by atoms with Crippen LogP contribution < -0.4 is 10.1 Å². The highest BCUT2D eigenvalue weighted by molar-refractivity contribution is 5.85. The molecule has 1 aromatic carbocycles. The van der Waals surface area contributed by atoms with E-state index in [1.54, 1.807) is 12.1 Å². The molecule has 0 heterocycles. The van der Waals surface area contributed by atoms with Gasteiger partial charge in [-0.05, 0) is 43.7 Å². The van der Waals surface area contributed by atoms with Gasteiger partial charge in [0, 0.05) is 6.04 Å². The average Bonchev–Trinajstić information content (AvgIpc) is 2.25. The minimum Gasteiger partial charge on any atom is -0.492 e. The van der Waals surface area contributed by atoms with E-state index in [-0.39, 0.29) is 18.2 Å². The molecule has 0 aromatic heterocycles. The van der Waals surface area contributed by atoms with Crippen molar-refractivity contribution in [2.24, 2.45) is 5.92 Å². The number of hydrogen-bond donors (Lipinski definition) is 1. The normalized spacial score (nSPS) is 12.1. The van der Waals surface area contributed by atoms with Gasteiger partial charge in [0.1, 0.15) is 18.2 Å². The van der Waals surface area contributed by atoms with Crippen LogP contribution in [0.15, 0.2) is 24.3 Å². The van der Waals surface area contributed by atoms with Crippen molar-refractivity contribution in [1.82, 2.24) is 5.32 Å². The third-order valence-electron chi connectivity index (χ3n) is 2.19. The standard InChI is InChI=1S/C13H20FNO.ClH/c1-10(2)8-15-11(3)9-16-13-6-4-12(14)5-7-13;/h4-7,10-11,15H,8-9H2,1-3H3;1H. The van der Waals surface area contributed by atoms with Crippen LogP contribution in [0.25, 0.3) is 0 Å². The fourth-order valence-corrected chi connectivity index (χ4v) is 1.25. The largest absolute Gasteiger partial charge is 0.492 e. The summed E-state index contributed by atoms with van der Waals surface area (Å²) in [6.45, 7) is 7.99. The van der Waals surface area contributed by atoms with Gasteiger partial charge in [0.2, 0.25) is 0 Å². The van der Waals surface area contributed by atoms with Crippen molar-refractivity contribution in [3.63, 3.8) is 0 Å². The van der Waals surface area contributed by atoms with Gasteiger partial charge in [-0.3, -0.25) is 0 Å². The van der Waals surface area contributed by atoms with Crippen LogP contribution in [-0.4, -0.2) is 19.2 Å². The highest BCUT2D eigenvalue weighted by Crippen LogP contribution is 2.11. The molecule has 1 rings (SSSR count). The predicted molar refractivity (Wildman–Crippen MR) is 71.4 cm³/mol. The van der Waals surface area contributed by atoms with Crippen molar-refractivity contribution in [3.8, 4) is 5.75 Å². The number of halogens is 2. The first-order valence-electron chi connectivity index (χ1n) is 5.69. The monoisotopic (exact) mass is 261 g/mol. The third-order valence-corrected chi connectivity index (χ3v) is 2.19. The molecule has 4 heteroatoms. The molecular weight excluding hydrogens is 241 g/mol. The van der Waals surface area contributed by atoms with E-state index in [0.717, 1.165) is 6.54 Å². The van der Waals surface area contributed by atoms with Gasteiger partial charge in [0.15, 0.2) is 0 Å². The smallest absolute Gasteiger partial charge is 0.123 e. The van der Waals surface area contributed by atoms with Crippen LogP contribution in [0, 0.1) is 11.7 Å². The molecule has 0 aliphatic rings. The van der Waals surface area contributed by atoms with E-state index >= 15 is 0 Å². The molecule has 2 nitrogen and oxygen atoms in total. The maximum Gasteiger partial charge on any atom is 0.123 e. The summed E-state index contributed by atoms with van der Waals surface area (Å²) >= 11 is 0. The summed E-state index contributed by atoms with van der Waals surface area (Å²) in [6, 6.07) is 6.39. The van der Waals surface area contributed by atoms with Crippen molar-refractivity contribution >= 4 is 12.4 Å². The molecule has 98 valence electrons. The molecule has 1 atom stereocenters. The molecule has 0 fully saturated rings. The molecule has 0 radical (unpaired) electrons. The van der Waals surface area contributed by atoms with E-state index in [1.807, 2.05) is 0 Å². The lowest BCUT2D eigenvalue weighted by Crippen LogP contribution is -2.34. The second-order valence-electron chi connectivity index (χ2n) is 4.47. The van der Waals surface area contributed by atoms with Gasteiger partial charge in [-0.25, -0.2) is 4.39 Å². The fourth-order valence-electron chi connectivity index (χ4n) is 1.25. The summed E-state index contributed by atoms with van der Waals surface area (Å²) in [5.41, 5.74) is 0. The van der Waals surface area contributed by atoms with Crippen molar-refractivity contribution in [2.75, 3.05) is 13.2 Å². The summed E-state index contributed by atoms with van der Waals surface area (Å²) in [5.74, 6) is 1.10. The van der Waals surface area contributed by atoms with Crippen molar-refractivity contribution < 1.29 is 9.13 Å². The predicted octanol–water partition coefficient (Wildman–Crippen LogP) is 3.26. The summed E-state index contributed by atoms with van der Waals surface area (Å²) in [5, 5.41) is 3.36. The third kappa shape index (κ3) is 7.18. The second kappa shape index (κ2) is 8.31. The molecule has 0 spiro atoms. The Balaban J connectivity index is 0.00000256. The van der Waals surface area contributed by atoms with E-state index in [0.29, 0.717) is 24.3 Å². The Morgan fingerprint density at radius 3 is 2.29 bits per heavy atom. The van der Waals surface area contributed by atoms with Crippen LogP contribution in [0.1, 0.15) is 20.8 Å². The Morgan fingerprint density at radius 2 is 1.76 bits per heavy atom. The van der Waals surface area contributed by atoms with Gasteiger partial charge < -0.3 is 10.1 Å². The van der Waals surface area contributed by atoms with E-state index in [1.165, 1.54) is 12.1 Å². The van der Waals surface area contributed by atoms with Crippen LogP contribution in [-0.2, 0) is 0 Å². The molecule has 1 aromatic rings. The second-order valence-corrected chi connectivity index (χ2v) is 4.47. The van der Waals surface area contributed by atoms with Gasteiger partial charge in [0.25, 0.3) is 0 Å². The molecular formula is C13H21ClFNO. The van der Waals surface area contributed by atoms with Crippen LogP contribution in [0.5, 0.6) is 5.75 Å². The molecule has 1 N–H and O–H groups in total. The number of benzene rings is 1. The zero-order valence-electron chi connectivity index (χ0n) is 10.6. The maximum atomic E-state index is 12.6. The number of rotatable bonds is 6. The zero-order valence-corrected chi connectivity index (χ0v) is 11.4. The molecule has 0 aliphatic carbocycles. The lowest BCUT2D eigenvalue weighted by Gasteiger charge is -2.16. The Labute approximate surface area is 109 Å². The first kappa shape index (κ1) is 16.2. The van der Waals surface area contributed by atoms with Gasteiger partial charge >= 0.3 is 0 Å². The SMILES string of the molecule is CC(C)CNC(C)COc1ccc(F)cc1.Cl. The Morgan fingerprint density at radius 1 is 1.18 bits per heavy atom. The van der Waals surface area contributed by atoms with Crippen LogP contribution in [0.3, 0.4) is 0 Å². The minimum atomic E-state index is -0.238. The Kier molecular flexibility index (Phi) is 7.92. The summed E-state index contributed by atoms with van der Waals surface area (Å²) in [7, 11) is 0. The minimum absolute atomic E-state index is 0. The number of hydrogen-bond acceptors (Lipinski definition) is 2. The van der Waals surface area contributed by atoms with E-state index in [9.17, 15) is 4.39 Å². The quantitative estimate of drug-likeness (QED) is 0.849. The van der Waals surface area contributed by atoms with Crippen molar-refractivity contribution in [1.29, 1.82) is 0 Å². The van der Waals surface area contributed by atoms with Gasteiger partial charge in [0.05, 0.1) is 0 Å². The van der Waals surface area contributed by atoms with Crippen LogP contribution >= 0.6 is 12.4 Å². The first-order chi connectivity index (χ1) is 7.58. The first-order valence-corrected chi connectivity index (χ1v) is 5.69. The Hall–Kier alpha value is -0.800. The van der Waals surface area contributed by atoms with Gasteiger partial charge in [-0.2, -0.15) is 0 Å². The lowest BCUT2D eigenvalue weighted by atomic mass is 10.2. The molecule has 1 unspecified atom stereocenters. The number of ether oxygens (including phenoxy) is 1. The van der Waals surface area contributed by atoms with Gasteiger partial charge in [-0.15, -0.1) is 12.4 Å². The van der Waals surface area contributed by atoms with Gasteiger partial charge in [-0.1, -0.05) is 13.8 Å². The van der Waals surface area contributed by atoms with E-state index < -0.39 is 0 Å². The maximum absolute atomic E-state index is 12.6. The topological polar surface area (TPSA) is 21.3 Å². The van der Waals surface area contributed by atoms with Crippen molar-refractivity contribution in [2.45, 2.75) is 26.8 Å². The van der Waals surface area contributed by atoms with Crippen LogP contribution in [0.2, 0.25) is 0 Å². The summed E-state index contributed by atoms with van der Waals surface area (Å²) < 4.78 is 18.2. The molecule has 0 amide bonds. The average molecular weight is 262 g/mol. The van der Waals surface area contributed by atoms with Crippen molar-refractivity contribution in [3.05, 3.63) is 30.1 Å². The molecule has 0 saturated carbocycles. The van der Waals surface area contributed by atoms with E-state index in [4.69, 9.17) is 4.74 Å². The van der Waals surface area contributed by atoms with E-state index in [2.05, 4.69) is 26.1 Å². The summed E-state index contributed by atoms with van der Waals surface area (Å²) in [6.07, 6.45) is 0. The molecule has 0 saturated heterocycles. The number of nitrogens with one attached hydrogen (secondary N) is 1. The van der Waals surface area contributed by atoms with Crippen LogP contribution in [0.4, 0.5) is 4.39 Å².